The van der Waals surface area contributed by atoms with Gasteiger partial charge in [0.05, 0.1) is 25.4 Å². The molecule has 0 aromatic carbocycles. The summed E-state index contributed by atoms with van der Waals surface area (Å²) in [5.74, 6) is -1.10. The lowest BCUT2D eigenvalue weighted by Gasteiger charge is -2.20. The van der Waals surface area contributed by atoms with Crippen molar-refractivity contribution in [3.05, 3.63) is 12.2 Å². The van der Waals surface area contributed by atoms with E-state index in [1.165, 1.54) is 6.08 Å². The molecule has 0 saturated carbocycles. The molecule has 1 aliphatic heterocycles. The van der Waals surface area contributed by atoms with Gasteiger partial charge in [0.15, 0.2) is 5.79 Å². The van der Waals surface area contributed by atoms with Gasteiger partial charge in [-0.25, -0.2) is 4.79 Å². The Morgan fingerprint density at radius 2 is 2.26 bits per heavy atom. The van der Waals surface area contributed by atoms with Crippen LogP contribution < -0.4 is 0 Å². The molecule has 5 heteroatoms. The van der Waals surface area contributed by atoms with E-state index in [1.807, 2.05) is 20.8 Å². The quantitative estimate of drug-likeness (QED) is 0.588. The Morgan fingerprint density at radius 1 is 1.58 bits per heavy atom. The van der Waals surface area contributed by atoms with Crippen molar-refractivity contribution in [2.45, 2.75) is 52.1 Å². The minimum atomic E-state index is -0.576. The number of rotatable bonds is 6. The van der Waals surface area contributed by atoms with Crippen molar-refractivity contribution in [2.75, 3.05) is 13.2 Å². The fourth-order valence-corrected chi connectivity index (χ4v) is 1.91. The first-order valence-electron chi connectivity index (χ1n) is 6.69. The molecular weight excluding hydrogens is 248 g/mol. The zero-order valence-corrected chi connectivity index (χ0v) is 12.1. The van der Waals surface area contributed by atoms with Gasteiger partial charge in [-0.1, -0.05) is 13.0 Å². The maximum atomic E-state index is 11.2. The van der Waals surface area contributed by atoms with Gasteiger partial charge in [0.2, 0.25) is 0 Å². The highest BCUT2D eigenvalue weighted by molar-refractivity contribution is 5.81. The summed E-state index contributed by atoms with van der Waals surface area (Å²) in [4.78, 5) is 11.2. The van der Waals surface area contributed by atoms with E-state index in [-0.39, 0.29) is 18.0 Å². The van der Waals surface area contributed by atoms with Crippen LogP contribution in [-0.4, -0.2) is 42.3 Å². The molecule has 1 fully saturated rings. The van der Waals surface area contributed by atoms with Gasteiger partial charge in [-0.3, -0.25) is 0 Å². The zero-order valence-electron chi connectivity index (χ0n) is 12.1. The Morgan fingerprint density at radius 3 is 2.79 bits per heavy atom. The monoisotopic (exact) mass is 272 g/mol. The number of aliphatic hydroxyl groups excluding tert-OH is 1. The lowest BCUT2D eigenvalue weighted by molar-refractivity contribution is -0.141. The molecule has 0 bridgehead atoms. The lowest BCUT2D eigenvalue weighted by Crippen LogP contribution is -2.27. The molecule has 1 N–H and O–H groups in total. The molecule has 2 unspecified atom stereocenters. The Hall–Kier alpha value is -0.910. The second kappa shape index (κ2) is 7.03. The van der Waals surface area contributed by atoms with Crippen molar-refractivity contribution in [3.8, 4) is 0 Å². The van der Waals surface area contributed by atoms with Crippen molar-refractivity contribution in [2.24, 2.45) is 5.92 Å². The second-order valence-corrected chi connectivity index (χ2v) is 5.22. The van der Waals surface area contributed by atoms with Gasteiger partial charge in [0, 0.05) is 18.4 Å². The number of ether oxygens (including phenoxy) is 3. The molecule has 0 aromatic heterocycles. The molecule has 5 nitrogen and oxygen atoms in total. The summed E-state index contributed by atoms with van der Waals surface area (Å²) in [6.45, 7) is 8.14. The van der Waals surface area contributed by atoms with Gasteiger partial charge >= 0.3 is 5.97 Å². The Bertz CT molecular complexity index is 324. The van der Waals surface area contributed by atoms with Crippen molar-refractivity contribution in [1.82, 2.24) is 0 Å². The zero-order chi connectivity index (χ0) is 14.5. The van der Waals surface area contributed by atoms with E-state index in [1.54, 1.807) is 13.0 Å². The Labute approximate surface area is 114 Å². The van der Waals surface area contributed by atoms with Crippen LogP contribution in [0.4, 0.5) is 0 Å². The van der Waals surface area contributed by atoms with E-state index in [0.29, 0.717) is 19.6 Å². The number of hydrogen-bond acceptors (Lipinski definition) is 5. The predicted molar refractivity (Wildman–Crippen MR) is 70.5 cm³/mol. The van der Waals surface area contributed by atoms with Gasteiger partial charge < -0.3 is 19.3 Å². The van der Waals surface area contributed by atoms with E-state index in [9.17, 15) is 9.90 Å². The summed E-state index contributed by atoms with van der Waals surface area (Å²) in [7, 11) is 0. The van der Waals surface area contributed by atoms with E-state index in [4.69, 9.17) is 14.2 Å². The second-order valence-electron chi connectivity index (χ2n) is 5.22. The van der Waals surface area contributed by atoms with E-state index in [2.05, 4.69) is 0 Å². The Kier molecular flexibility index (Phi) is 5.97. The van der Waals surface area contributed by atoms with E-state index < -0.39 is 11.9 Å². The van der Waals surface area contributed by atoms with Gasteiger partial charge in [0.1, 0.15) is 0 Å². The maximum absolute atomic E-state index is 11.2. The number of aliphatic hydroxyl groups is 1. The fraction of sp³-hybridized carbons (Fsp3) is 0.786. The highest BCUT2D eigenvalue weighted by atomic mass is 16.7. The van der Waals surface area contributed by atoms with Crippen LogP contribution in [0.25, 0.3) is 0 Å². The van der Waals surface area contributed by atoms with Crippen molar-refractivity contribution < 1.29 is 24.1 Å². The summed E-state index contributed by atoms with van der Waals surface area (Å²) in [5.41, 5.74) is 0. The predicted octanol–water partition coefficient (Wildman–Crippen LogP) is 1.64. The smallest absolute Gasteiger partial charge is 0.330 e. The van der Waals surface area contributed by atoms with E-state index in [0.717, 1.165) is 0 Å². The third-order valence-electron chi connectivity index (χ3n) is 3.00. The first kappa shape index (κ1) is 16.1. The highest BCUT2D eigenvalue weighted by Crippen LogP contribution is 2.26. The van der Waals surface area contributed by atoms with Gasteiger partial charge in [0.25, 0.3) is 0 Å². The minimum absolute atomic E-state index is 0.108. The molecule has 0 amide bonds. The summed E-state index contributed by atoms with van der Waals surface area (Å²) in [6.07, 6.45) is 2.81. The molecule has 1 heterocycles. The summed E-state index contributed by atoms with van der Waals surface area (Å²) in [6, 6.07) is 0. The average Bonchev–Trinajstić information content (AvgIpc) is 2.66. The summed E-state index contributed by atoms with van der Waals surface area (Å²) < 4.78 is 15.9. The lowest BCUT2D eigenvalue weighted by atomic mass is 9.99. The largest absolute Gasteiger partial charge is 0.463 e. The van der Waals surface area contributed by atoms with Crippen LogP contribution in [0.3, 0.4) is 0 Å². The van der Waals surface area contributed by atoms with Gasteiger partial charge in [-0.05, 0) is 20.8 Å². The SMILES string of the molecule is CCOC(=O)C=CC(C)C(O)C[C@H]1COC(C)(C)O1. The number of hydrogen-bond donors (Lipinski definition) is 1. The molecule has 0 aromatic rings. The first-order chi connectivity index (χ1) is 8.84. The molecule has 1 saturated heterocycles. The number of esters is 1. The molecule has 110 valence electrons. The number of carbonyl (C=O) groups excluding carboxylic acids is 1. The standard InChI is InChI=1S/C14H24O5/c1-5-17-13(16)7-6-10(2)12(15)8-11-9-18-14(3,4)19-11/h6-7,10-12,15H,5,8-9H2,1-4H3/t10?,11-,12?/m0/s1. The van der Waals surface area contributed by atoms with Crippen LogP contribution in [0.1, 0.15) is 34.1 Å². The molecule has 1 aliphatic rings. The van der Waals surface area contributed by atoms with Crippen LogP contribution in [0.2, 0.25) is 0 Å². The van der Waals surface area contributed by atoms with Crippen molar-refractivity contribution in [3.63, 3.8) is 0 Å². The molecule has 3 atom stereocenters. The number of carbonyl (C=O) groups is 1. The molecule has 0 spiro atoms. The first-order valence-corrected chi connectivity index (χ1v) is 6.69. The molecular formula is C14H24O5. The fourth-order valence-electron chi connectivity index (χ4n) is 1.91. The average molecular weight is 272 g/mol. The summed E-state index contributed by atoms with van der Waals surface area (Å²) in [5, 5.41) is 10.1. The minimum Gasteiger partial charge on any atom is -0.463 e. The maximum Gasteiger partial charge on any atom is 0.330 e. The highest BCUT2D eigenvalue weighted by Gasteiger charge is 2.34. The van der Waals surface area contributed by atoms with E-state index >= 15 is 0 Å². The van der Waals surface area contributed by atoms with Crippen LogP contribution in [-0.2, 0) is 19.0 Å². The third-order valence-corrected chi connectivity index (χ3v) is 3.00. The van der Waals surface area contributed by atoms with Gasteiger partial charge in [-0.15, -0.1) is 0 Å². The molecule has 1 rings (SSSR count). The van der Waals surface area contributed by atoms with Crippen molar-refractivity contribution in [1.29, 1.82) is 0 Å². The van der Waals surface area contributed by atoms with Crippen LogP contribution in [0.15, 0.2) is 12.2 Å². The molecule has 0 aliphatic carbocycles. The third kappa shape index (κ3) is 5.72. The van der Waals surface area contributed by atoms with Crippen molar-refractivity contribution >= 4 is 5.97 Å². The van der Waals surface area contributed by atoms with Crippen LogP contribution in [0, 0.1) is 5.92 Å². The van der Waals surface area contributed by atoms with Crippen LogP contribution >= 0.6 is 0 Å². The Balaban J connectivity index is 2.37. The summed E-state index contributed by atoms with van der Waals surface area (Å²) >= 11 is 0. The van der Waals surface area contributed by atoms with Crippen LogP contribution in [0.5, 0.6) is 0 Å². The van der Waals surface area contributed by atoms with Gasteiger partial charge in [-0.2, -0.15) is 0 Å². The normalized spacial score (nSPS) is 25.4. The topological polar surface area (TPSA) is 65.0 Å². The molecule has 19 heavy (non-hydrogen) atoms. The molecule has 0 radical (unpaired) electrons.